The van der Waals surface area contributed by atoms with E-state index in [1.165, 1.54) is 10.5 Å². The van der Waals surface area contributed by atoms with E-state index in [-0.39, 0.29) is 12.0 Å². The van der Waals surface area contributed by atoms with Gasteiger partial charge in [-0.05, 0) is 38.8 Å². The first-order chi connectivity index (χ1) is 10.6. The molecule has 22 heavy (non-hydrogen) atoms. The van der Waals surface area contributed by atoms with Crippen molar-refractivity contribution in [2.24, 2.45) is 5.16 Å². The van der Waals surface area contributed by atoms with Gasteiger partial charge in [-0.25, -0.2) is 0 Å². The Labute approximate surface area is 135 Å². The van der Waals surface area contributed by atoms with Gasteiger partial charge in [0, 0.05) is 29.7 Å². The van der Waals surface area contributed by atoms with E-state index in [9.17, 15) is 4.79 Å². The van der Waals surface area contributed by atoms with Crippen LogP contribution in [0.1, 0.15) is 31.7 Å². The number of likely N-dealkylation sites (tertiary alicyclic amines) is 1. The van der Waals surface area contributed by atoms with Gasteiger partial charge < -0.3 is 9.74 Å². The molecule has 1 fully saturated rings. The SMILES string of the molecule is CC1=NOC(C(=O)N2CCC(Sc3ccc(C)cc3)CC2)C1. The number of nitrogens with zero attached hydrogens (tertiary/aromatic N) is 2. The second kappa shape index (κ2) is 6.73. The van der Waals surface area contributed by atoms with E-state index >= 15 is 0 Å². The fourth-order valence-electron chi connectivity index (χ4n) is 2.84. The third-order valence-corrected chi connectivity index (χ3v) is 5.52. The van der Waals surface area contributed by atoms with Crippen LogP contribution in [0.4, 0.5) is 0 Å². The summed E-state index contributed by atoms with van der Waals surface area (Å²) < 4.78 is 0. The van der Waals surface area contributed by atoms with Gasteiger partial charge in [-0.1, -0.05) is 22.9 Å². The van der Waals surface area contributed by atoms with E-state index in [0.29, 0.717) is 11.7 Å². The number of aryl methyl sites for hydroxylation is 1. The number of oxime groups is 1. The number of benzene rings is 1. The standard InChI is InChI=1S/C17H22N2O2S/c1-12-3-5-14(6-4-12)22-15-7-9-19(10-8-15)17(20)16-11-13(2)18-21-16/h3-6,15-16H,7-11H2,1-2H3. The van der Waals surface area contributed by atoms with Gasteiger partial charge in [0.15, 0.2) is 0 Å². The van der Waals surface area contributed by atoms with Crippen molar-refractivity contribution < 1.29 is 9.63 Å². The number of amides is 1. The Kier molecular flexibility index (Phi) is 4.71. The van der Waals surface area contributed by atoms with Crippen LogP contribution in [0.5, 0.6) is 0 Å². The predicted octanol–water partition coefficient (Wildman–Crippen LogP) is 3.24. The molecule has 0 radical (unpaired) electrons. The molecule has 1 aromatic rings. The molecule has 3 rings (SSSR count). The lowest BCUT2D eigenvalue weighted by atomic mass is 10.1. The molecule has 1 unspecified atom stereocenters. The van der Waals surface area contributed by atoms with Gasteiger partial charge in [-0.3, -0.25) is 4.79 Å². The molecule has 1 amide bonds. The highest BCUT2D eigenvalue weighted by molar-refractivity contribution is 8.00. The zero-order valence-corrected chi connectivity index (χ0v) is 13.9. The van der Waals surface area contributed by atoms with Crippen molar-refractivity contribution in [3.05, 3.63) is 29.8 Å². The molecule has 1 saturated heterocycles. The second-order valence-electron chi connectivity index (χ2n) is 6.08. The van der Waals surface area contributed by atoms with Crippen molar-refractivity contribution in [1.29, 1.82) is 0 Å². The first kappa shape index (κ1) is 15.4. The Morgan fingerprint density at radius 3 is 2.50 bits per heavy atom. The van der Waals surface area contributed by atoms with Crippen LogP contribution in [-0.4, -0.2) is 41.0 Å². The van der Waals surface area contributed by atoms with Crippen LogP contribution in [0.3, 0.4) is 0 Å². The lowest BCUT2D eigenvalue weighted by molar-refractivity contribution is -0.142. The highest BCUT2D eigenvalue weighted by Gasteiger charge is 2.32. The molecule has 0 aliphatic carbocycles. The molecule has 5 heteroatoms. The van der Waals surface area contributed by atoms with Crippen LogP contribution in [-0.2, 0) is 9.63 Å². The van der Waals surface area contributed by atoms with Crippen LogP contribution < -0.4 is 0 Å². The summed E-state index contributed by atoms with van der Waals surface area (Å²) in [7, 11) is 0. The largest absolute Gasteiger partial charge is 0.382 e. The van der Waals surface area contributed by atoms with Gasteiger partial charge in [-0.2, -0.15) is 0 Å². The van der Waals surface area contributed by atoms with Crippen molar-refractivity contribution in [3.63, 3.8) is 0 Å². The number of hydrogen-bond donors (Lipinski definition) is 0. The van der Waals surface area contributed by atoms with Gasteiger partial charge in [0.25, 0.3) is 5.91 Å². The lowest BCUT2D eigenvalue weighted by Gasteiger charge is -2.32. The molecule has 2 heterocycles. The molecule has 1 aromatic carbocycles. The Hall–Kier alpha value is -1.49. The van der Waals surface area contributed by atoms with E-state index in [0.717, 1.165) is 31.6 Å². The van der Waals surface area contributed by atoms with Crippen molar-refractivity contribution in [3.8, 4) is 0 Å². The van der Waals surface area contributed by atoms with E-state index in [4.69, 9.17) is 4.84 Å². The highest BCUT2D eigenvalue weighted by Crippen LogP contribution is 2.31. The smallest absolute Gasteiger partial charge is 0.266 e. The molecule has 1 atom stereocenters. The molecule has 0 saturated carbocycles. The van der Waals surface area contributed by atoms with Crippen LogP contribution in [0, 0.1) is 6.92 Å². The maximum Gasteiger partial charge on any atom is 0.266 e. The van der Waals surface area contributed by atoms with Crippen LogP contribution in [0.25, 0.3) is 0 Å². The Bertz CT molecular complexity index is 563. The Morgan fingerprint density at radius 1 is 1.23 bits per heavy atom. The summed E-state index contributed by atoms with van der Waals surface area (Å²) in [4.78, 5) is 20.8. The molecule has 0 spiro atoms. The number of carbonyl (C=O) groups excluding carboxylic acids is 1. The number of hydrogen-bond acceptors (Lipinski definition) is 4. The summed E-state index contributed by atoms with van der Waals surface area (Å²) in [6.07, 6.45) is 2.33. The zero-order chi connectivity index (χ0) is 15.5. The molecule has 0 N–H and O–H groups in total. The highest BCUT2D eigenvalue weighted by atomic mass is 32.2. The average Bonchev–Trinajstić information content (AvgIpc) is 2.96. The molecular weight excluding hydrogens is 296 g/mol. The maximum atomic E-state index is 12.4. The third kappa shape index (κ3) is 3.64. The molecule has 0 aromatic heterocycles. The van der Waals surface area contributed by atoms with Gasteiger partial charge >= 0.3 is 0 Å². The van der Waals surface area contributed by atoms with Crippen LogP contribution >= 0.6 is 11.8 Å². The first-order valence-corrected chi connectivity index (χ1v) is 8.71. The van der Waals surface area contributed by atoms with E-state index in [1.54, 1.807) is 0 Å². The van der Waals surface area contributed by atoms with E-state index < -0.39 is 0 Å². The van der Waals surface area contributed by atoms with E-state index in [2.05, 4.69) is 36.3 Å². The maximum absolute atomic E-state index is 12.4. The van der Waals surface area contributed by atoms with Gasteiger partial charge in [-0.15, -0.1) is 11.8 Å². The molecule has 2 aliphatic rings. The van der Waals surface area contributed by atoms with Gasteiger partial charge in [0.1, 0.15) is 0 Å². The zero-order valence-electron chi connectivity index (χ0n) is 13.1. The summed E-state index contributed by atoms with van der Waals surface area (Å²) in [6.45, 7) is 5.65. The predicted molar refractivity (Wildman–Crippen MR) is 89.2 cm³/mol. The van der Waals surface area contributed by atoms with Gasteiger partial charge in [0.2, 0.25) is 6.10 Å². The second-order valence-corrected chi connectivity index (χ2v) is 7.45. The molecular formula is C17H22N2O2S. The topological polar surface area (TPSA) is 41.9 Å². The number of piperidine rings is 1. The quantitative estimate of drug-likeness (QED) is 0.859. The molecule has 0 bridgehead atoms. The average molecular weight is 318 g/mol. The minimum Gasteiger partial charge on any atom is -0.382 e. The summed E-state index contributed by atoms with van der Waals surface area (Å²) >= 11 is 1.93. The Balaban J connectivity index is 1.48. The van der Waals surface area contributed by atoms with Gasteiger partial charge in [0.05, 0.1) is 5.71 Å². The minimum atomic E-state index is -0.388. The van der Waals surface area contributed by atoms with Crippen molar-refractivity contribution in [2.45, 2.75) is 49.4 Å². The summed E-state index contributed by atoms with van der Waals surface area (Å²) in [5, 5.41) is 4.47. The van der Waals surface area contributed by atoms with Crippen molar-refractivity contribution in [1.82, 2.24) is 4.90 Å². The van der Waals surface area contributed by atoms with Crippen LogP contribution in [0.15, 0.2) is 34.3 Å². The fraction of sp³-hybridized carbons (Fsp3) is 0.529. The molecule has 4 nitrogen and oxygen atoms in total. The van der Waals surface area contributed by atoms with Crippen molar-refractivity contribution >= 4 is 23.4 Å². The Morgan fingerprint density at radius 2 is 1.91 bits per heavy atom. The van der Waals surface area contributed by atoms with E-state index in [1.807, 2.05) is 23.6 Å². The fourth-order valence-corrected chi connectivity index (χ4v) is 3.96. The van der Waals surface area contributed by atoms with Crippen LogP contribution in [0.2, 0.25) is 0 Å². The number of carbonyl (C=O) groups is 1. The molecule has 118 valence electrons. The first-order valence-electron chi connectivity index (χ1n) is 7.83. The summed E-state index contributed by atoms with van der Waals surface area (Å²) in [6, 6.07) is 8.68. The monoisotopic (exact) mass is 318 g/mol. The molecule has 2 aliphatic heterocycles. The lowest BCUT2D eigenvalue weighted by Crippen LogP contribution is -2.44. The normalized spacial score (nSPS) is 22.4. The third-order valence-electron chi connectivity index (χ3n) is 4.17. The minimum absolute atomic E-state index is 0.0967. The number of rotatable bonds is 3. The summed E-state index contributed by atoms with van der Waals surface area (Å²) in [5.41, 5.74) is 2.20. The number of thioether (sulfide) groups is 1. The van der Waals surface area contributed by atoms with Crippen molar-refractivity contribution in [2.75, 3.05) is 13.1 Å². The summed E-state index contributed by atoms with van der Waals surface area (Å²) in [5.74, 6) is 0.0967.